The fourth-order valence-electron chi connectivity index (χ4n) is 2.71. The number of hydrogen-bond acceptors (Lipinski definition) is 4. The Morgan fingerprint density at radius 1 is 1.40 bits per heavy atom. The third-order valence-corrected chi connectivity index (χ3v) is 4.05. The molecule has 0 spiro atoms. The van der Waals surface area contributed by atoms with Crippen LogP contribution in [0.2, 0.25) is 0 Å². The lowest BCUT2D eigenvalue weighted by molar-refractivity contribution is -0.145. The van der Waals surface area contributed by atoms with Gasteiger partial charge in [0.05, 0.1) is 7.11 Å². The van der Waals surface area contributed by atoms with Crippen molar-refractivity contribution in [3.05, 3.63) is 0 Å². The Balaban J connectivity index is 2.59. The van der Waals surface area contributed by atoms with Gasteiger partial charge in [0.2, 0.25) is 5.91 Å². The SMILES string of the molecule is COC(=O)CC[C@H](NC(=O)C1CCCC1(C)C)C(=O)O. The van der Waals surface area contributed by atoms with E-state index < -0.39 is 18.0 Å². The molecule has 1 aliphatic carbocycles. The molecule has 1 rings (SSSR count). The highest BCUT2D eigenvalue weighted by Gasteiger charge is 2.40. The first-order valence-corrected chi connectivity index (χ1v) is 6.88. The minimum absolute atomic E-state index is 0.0260. The van der Waals surface area contributed by atoms with Crippen molar-refractivity contribution < 1.29 is 24.2 Å². The van der Waals surface area contributed by atoms with Gasteiger partial charge >= 0.3 is 11.9 Å². The molecular formula is C14H23NO5. The van der Waals surface area contributed by atoms with Gasteiger partial charge in [0.1, 0.15) is 6.04 Å². The van der Waals surface area contributed by atoms with E-state index in [2.05, 4.69) is 10.1 Å². The first kappa shape index (κ1) is 16.5. The van der Waals surface area contributed by atoms with E-state index in [1.807, 2.05) is 13.8 Å². The Morgan fingerprint density at radius 3 is 2.50 bits per heavy atom. The summed E-state index contributed by atoms with van der Waals surface area (Å²) in [6, 6.07) is -1.04. The van der Waals surface area contributed by atoms with Gasteiger partial charge in [-0.3, -0.25) is 9.59 Å². The van der Waals surface area contributed by atoms with Crippen molar-refractivity contribution in [2.24, 2.45) is 11.3 Å². The highest BCUT2D eigenvalue weighted by molar-refractivity contribution is 5.86. The lowest BCUT2D eigenvalue weighted by atomic mass is 9.81. The lowest BCUT2D eigenvalue weighted by Crippen LogP contribution is -2.45. The Kier molecular flexibility index (Phi) is 5.53. The van der Waals surface area contributed by atoms with Crippen LogP contribution in [0.25, 0.3) is 0 Å². The molecule has 0 aromatic carbocycles. The van der Waals surface area contributed by atoms with E-state index in [0.29, 0.717) is 0 Å². The van der Waals surface area contributed by atoms with Crippen molar-refractivity contribution >= 4 is 17.8 Å². The number of esters is 1. The smallest absolute Gasteiger partial charge is 0.326 e. The molecule has 0 aliphatic heterocycles. The summed E-state index contributed by atoms with van der Waals surface area (Å²) in [6.45, 7) is 4.04. The van der Waals surface area contributed by atoms with Crippen LogP contribution in [-0.2, 0) is 19.1 Å². The maximum Gasteiger partial charge on any atom is 0.326 e. The summed E-state index contributed by atoms with van der Waals surface area (Å²) < 4.78 is 4.47. The summed E-state index contributed by atoms with van der Waals surface area (Å²) in [7, 11) is 1.25. The highest BCUT2D eigenvalue weighted by Crippen LogP contribution is 2.42. The molecule has 1 aliphatic rings. The van der Waals surface area contributed by atoms with Gasteiger partial charge in [-0.05, 0) is 24.7 Å². The second-order valence-corrected chi connectivity index (χ2v) is 5.95. The van der Waals surface area contributed by atoms with E-state index in [-0.39, 0.29) is 30.1 Å². The van der Waals surface area contributed by atoms with Crippen molar-refractivity contribution in [1.29, 1.82) is 0 Å². The zero-order valence-corrected chi connectivity index (χ0v) is 12.3. The second-order valence-electron chi connectivity index (χ2n) is 5.95. The maximum atomic E-state index is 12.2. The van der Waals surface area contributed by atoms with Gasteiger partial charge < -0.3 is 15.2 Å². The highest BCUT2D eigenvalue weighted by atomic mass is 16.5. The molecule has 0 saturated heterocycles. The molecule has 0 aromatic heterocycles. The van der Waals surface area contributed by atoms with Crippen molar-refractivity contribution in [3.63, 3.8) is 0 Å². The molecular weight excluding hydrogens is 262 g/mol. The number of carbonyl (C=O) groups is 3. The van der Waals surface area contributed by atoms with Crippen molar-refractivity contribution in [1.82, 2.24) is 5.32 Å². The molecule has 1 saturated carbocycles. The quantitative estimate of drug-likeness (QED) is 0.718. The van der Waals surface area contributed by atoms with E-state index in [9.17, 15) is 14.4 Å². The molecule has 1 fully saturated rings. The number of carboxylic acid groups (broad SMARTS) is 1. The van der Waals surface area contributed by atoms with Gasteiger partial charge in [0, 0.05) is 12.3 Å². The van der Waals surface area contributed by atoms with Crippen LogP contribution in [0.3, 0.4) is 0 Å². The van der Waals surface area contributed by atoms with Gasteiger partial charge in [-0.25, -0.2) is 4.79 Å². The topological polar surface area (TPSA) is 92.7 Å². The number of carboxylic acids is 1. The molecule has 6 nitrogen and oxygen atoms in total. The predicted molar refractivity (Wildman–Crippen MR) is 71.9 cm³/mol. The number of amides is 1. The normalized spacial score (nSPS) is 22.1. The fraction of sp³-hybridized carbons (Fsp3) is 0.786. The average Bonchev–Trinajstić information content (AvgIpc) is 2.73. The van der Waals surface area contributed by atoms with Gasteiger partial charge in [-0.1, -0.05) is 20.3 Å². The van der Waals surface area contributed by atoms with Crippen LogP contribution in [0, 0.1) is 11.3 Å². The molecule has 2 N–H and O–H groups in total. The molecule has 6 heteroatoms. The number of nitrogens with one attached hydrogen (secondary N) is 1. The molecule has 1 amide bonds. The van der Waals surface area contributed by atoms with E-state index >= 15 is 0 Å². The van der Waals surface area contributed by atoms with E-state index in [1.165, 1.54) is 7.11 Å². The summed E-state index contributed by atoms with van der Waals surface area (Å²) in [6.07, 6.45) is 2.74. The number of carbonyl (C=O) groups excluding carboxylic acids is 2. The van der Waals surface area contributed by atoms with Crippen LogP contribution < -0.4 is 5.32 Å². The van der Waals surface area contributed by atoms with Crippen molar-refractivity contribution in [2.45, 2.75) is 52.0 Å². The summed E-state index contributed by atoms with van der Waals surface area (Å²) in [5, 5.41) is 11.7. The van der Waals surface area contributed by atoms with Crippen LogP contribution in [-0.4, -0.2) is 36.1 Å². The molecule has 0 heterocycles. The van der Waals surface area contributed by atoms with Crippen LogP contribution in [0.15, 0.2) is 0 Å². The predicted octanol–water partition coefficient (Wildman–Crippen LogP) is 1.34. The molecule has 0 aromatic rings. The minimum atomic E-state index is -1.13. The Hall–Kier alpha value is -1.59. The minimum Gasteiger partial charge on any atom is -0.480 e. The van der Waals surface area contributed by atoms with Gasteiger partial charge in [0.25, 0.3) is 0 Å². The number of ether oxygens (including phenoxy) is 1. The van der Waals surface area contributed by atoms with E-state index in [4.69, 9.17) is 5.11 Å². The number of rotatable bonds is 6. The summed E-state index contributed by atoms with van der Waals surface area (Å²) in [4.78, 5) is 34.4. The monoisotopic (exact) mass is 285 g/mol. The van der Waals surface area contributed by atoms with E-state index in [0.717, 1.165) is 19.3 Å². The van der Waals surface area contributed by atoms with Crippen molar-refractivity contribution in [3.8, 4) is 0 Å². The zero-order valence-electron chi connectivity index (χ0n) is 12.3. The van der Waals surface area contributed by atoms with Gasteiger partial charge in [0.15, 0.2) is 0 Å². The molecule has 0 bridgehead atoms. The maximum absolute atomic E-state index is 12.2. The number of methoxy groups -OCH3 is 1. The Bertz CT molecular complexity index is 391. The number of aliphatic carboxylic acids is 1. The third kappa shape index (κ3) is 4.21. The molecule has 114 valence electrons. The fourth-order valence-corrected chi connectivity index (χ4v) is 2.71. The summed E-state index contributed by atoms with van der Waals surface area (Å²) >= 11 is 0. The second kappa shape index (κ2) is 6.72. The zero-order chi connectivity index (χ0) is 15.3. The first-order chi connectivity index (χ1) is 9.27. The van der Waals surface area contributed by atoms with E-state index in [1.54, 1.807) is 0 Å². The van der Waals surface area contributed by atoms with Crippen LogP contribution in [0.4, 0.5) is 0 Å². The molecule has 1 unspecified atom stereocenters. The van der Waals surface area contributed by atoms with Crippen LogP contribution in [0.5, 0.6) is 0 Å². The van der Waals surface area contributed by atoms with Gasteiger partial charge in [-0.2, -0.15) is 0 Å². The van der Waals surface area contributed by atoms with Crippen LogP contribution in [0.1, 0.15) is 46.0 Å². The Labute approximate surface area is 118 Å². The third-order valence-electron chi connectivity index (χ3n) is 4.05. The standard InChI is InChI=1S/C14H23NO5/c1-14(2)8-4-5-9(14)12(17)15-10(13(18)19)6-7-11(16)20-3/h9-10H,4-8H2,1-3H3,(H,15,17)(H,18,19)/t9?,10-/m0/s1. The number of hydrogen-bond donors (Lipinski definition) is 2. The summed E-state index contributed by atoms with van der Waals surface area (Å²) in [5.41, 5.74) is -0.102. The largest absolute Gasteiger partial charge is 0.480 e. The average molecular weight is 285 g/mol. The van der Waals surface area contributed by atoms with Gasteiger partial charge in [-0.15, -0.1) is 0 Å². The Morgan fingerprint density at radius 2 is 2.05 bits per heavy atom. The molecule has 20 heavy (non-hydrogen) atoms. The summed E-state index contributed by atoms with van der Waals surface area (Å²) in [5.74, 6) is -2.00. The molecule has 0 radical (unpaired) electrons. The lowest BCUT2D eigenvalue weighted by Gasteiger charge is -2.27. The van der Waals surface area contributed by atoms with Crippen molar-refractivity contribution in [2.75, 3.05) is 7.11 Å². The first-order valence-electron chi connectivity index (χ1n) is 6.88. The van der Waals surface area contributed by atoms with Crippen LogP contribution >= 0.6 is 0 Å². The molecule has 2 atom stereocenters.